The molecule has 0 saturated heterocycles. The lowest BCUT2D eigenvalue weighted by Crippen LogP contribution is -2.39. The zero-order valence-electron chi connectivity index (χ0n) is 7.26. The largest absolute Gasteiger partial charge is 0.355 e. The lowest BCUT2D eigenvalue weighted by Gasteiger charge is -2.28. The Bertz CT molecular complexity index is 128. The summed E-state index contributed by atoms with van der Waals surface area (Å²) in [6.45, 7) is 5.95. The smallest absolute Gasteiger partial charge is 0.207 e. The van der Waals surface area contributed by atoms with Crippen LogP contribution in [0.15, 0.2) is 0 Å². The van der Waals surface area contributed by atoms with Gasteiger partial charge in [-0.2, -0.15) is 0 Å². The van der Waals surface area contributed by atoms with Crippen LogP contribution in [0.3, 0.4) is 0 Å². The van der Waals surface area contributed by atoms with Crippen LogP contribution in [0.2, 0.25) is 0 Å². The third kappa shape index (κ3) is 3.75. The molecule has 0 radical (unpaired) electrons. The van der Waals surface area contributed by atoms with E-state index in [2.05, 4.69) is 5.32 Å². The highest BCUT2D eigenvalue weighted by Crippen LogP contribution is 2.20. The molecule has 0 fully saturated rings. The third-order valence-corrected chi connectivity index (χ3v) is 1.65. The maximum absolute atomic E-state index is 10.2. The Labute approximate surface area is 67.2 Å². The lowest BCUT2D eigenvalue weighted by atomic mass is 9.85. The summed E-state index contributed by atoms with van der Waals surface area (Å²) in [4.78, 5) is 20.3. The number of hydrogen-bond donors (Lipinski definition) is 1. The van der Waals surface area contributed by atoms with Crippen LogP contribution in [0.4, 0.5) is 0 Å². The fraction of sp³-hybridized carbons (Fsp3) is 0.750. The molecule has 0 heterocycles. The number of rotatable bonds is 4. The maximum atomic E-state index is 10.2. The van der Waals surface area contributed by atoms with E-state index in [-0.39, 0.29) is 11.5 Å². The van der Waals surface area contributed by atoms with Crippen molar-refractivity contribution in [3.05, 3.63) is 0 Å². The summed E-state index contributed by atoms with van der Waals surface area (Å²) < 4.78 is 0. The number of carbonyl (C=O) groups is 2. The summed E-state index contributed by atoms with van der Waals surface area (Å²) in [7, 11) is 0. The van der Waals surface area contributed by atoms with E-state index in [1.165, 1.54) is 0 Å². The first-order chi connectivity index (χ1) is 5.02. The molecule has 1 atom stereocenters. The highest BCUT2D eigenvalue weighted by molar-refractivity contribution is 5.53. The molecular formula is C8H15NO2. The summed E-state index contributed by atoms with van der Waals surface area (Å²) in [5.41, 5.74) is -0.0537. The van der Waals surface area contributed by atoms with Crippen LogP contribution in [-0.2, 0) is 9.59 Å². The molecule has 0 aliphatic carbocycles. The number of amides is 1. The molecule has 0 aliphatic heterocycles. The fourth-order valence-electron chi connectivity index (χ4n) is 0.850. The van der Waals surface area contributed by atoms with E-state index in [0.717, 1.165) is 6.29 Å². The van der Waals surface area contributed by atoms with Crippen molar-refractivity contribution in [1.29, 1.82) is 0 Å². The Balaban J connectivity index is 4.08. The van der Waals surface area contributed by atoms with Gasteiger partial charge in [-0.3, -0.25) is 4.79 Å². The molecule has 0 aromatic rings. The highest BCUT2D eigenvalue weighted by Gasteiger charge is 2.22. The molecule has 0 saturated carbocycles. The summed E-state index contributed by atoms with van der Waals surface area (Å²) >= 11 is 0. The van der Waals surface area contributed by atoms with Crippen molar-refractivity contribution in [2.75, 3.05) is 0 Å². The quantitative estimate of drug-likeness (QED) is 0.612. The first kappa shape index (κ1) is 10.1. The average Bonchev–Trinajstić information content (AvgIpc) is 1.85. The molecule has 0 aliphatic rings. The van der Waals surface area contributed by atoms with Gasteiger partial charge in [-0.15, -0.1) is 0 Å². The van der Waals surface area contributed by atoms with Crippen molar-refractivity contribution in [3.63, 3.8) is 0 Å². The van der Waals surface area contributed by atoms with E-state index in [1.54, 1.807) is 0 Å². The standard InChI is InChI=1S/C8H15NO2/c1-8(2,3)7(4-5-10)9-6-11/h5-7H,4H2,1-3H3,(H,9,11). The van der Waals surface area contributed by atoms with Crippen molar-refractivity contribution in [2.24, 2.45) is 5.41 Å². The van der Waals surface area contributed by atoms with Crippen molar-refractivity contribution in [2.45, 2.75) is 33.2 Å². The Morgan fingerprint density at radius 1 is 1.36 bits per heavy atom. The van der Waals surface area contributed by atoms with Crippen LogP contribution in [0.1, 0.15) is 27.2 Å². The van der Waals surface area contributed by atoms with Crippen LogP contribution < -0.4 is 5.32 Å². The Kier molecular flexibility index (Phi) is 3.79. The zero-order valence-corrected chi connectivity index (χ0v) is 7.26. The summed E-state index contributed by atoms with van der Waals surface area (Å²) in [5, 5.41) is 2.61. The van der Waals surface area contributed by atoms with Gasteiger partial charge in [-0.25, -0.2) is 0 Å². The normalized spacial score (nSPS) is 13.7. The second kappa shape index (κ2) is 4.11. The molecule has 0 aromatic heterocycles. The van der Waals surface area contributed by atoms with Gasteiger partial charge < -0.3 is 10.1 Å². The zero-order chi connectivity index (χ0) is 8.91. The van der Waals surface area contributed by atoms with E-state index < -0.39 is 0 Å². The molecule has 0 rings (SSSR count). The second-order valence-electron chi connectivity index (χ2n) is 3.61. The lowest BCUT2D eigenvalue weighted by molar-refractivity contribution is -0.112. The van der Waals surface area contributed by atoms with Gasteiger partial charge in [0.05, 0.1) is 0 Å². The number of aldehydes is 1. The molecule has 64 valence electrons. The number of hydrogen-bond acceptors (Lipinski definition) is 2. The first-order valence-corrected chi connectivity index (χ1v) is 3.65. The second-order valence-corrected chi connectivity index (χ2v) is 3.61. The summed E-state index contributed by atoms with van der Waals surface area (Å²) in [5.74, 6) is 0. The van der Waals surface area contributed by atoms with E-state index in [1.807, 2.05) is 20.8 Å². The molecule has 1 amide bonds. The van der Waals surface area contributed by atoms with Crippen LogP contribution in [-0.4, -0.2) is 18.7 Å². The minimum Gasteiger partial charge on any atom is -0.355 e. The molecule has 0 spiro atoms. The Hall–Kier alpha value is -0.860. The van der Waals surface area contributed by atoms with E-state index in [9.17, 15) is 9.59 Å². The predicted octanol–water partition coefficient (Wildman–Crippen LogP) is 0.736. The minimum absolute atomic E-state index is 0.0537. The van der Waals surface area contributed by atoms with E-state index >= 15 is 0 Å². The average molecular weight is 157 g/mol. The first-order valence-electron chi connectivity index (χ1n) is 3.65. The van der Waals surface area contributed by atoms with Crippen LogP contribution in [0, 0.1) is 5.41 Å². The molecule has 1 unspecified atom stereocenters. The van der Waals surface area contributed by atoms with Crippen molar-refractivity contribution in [1.82, 2.24) is 5.32 Å². The van der Waals surface area contributed by atoms with Gasteiger partial charge in [-0.1, -0.05) is 20.8 Å². The minimum atomic E-state index is -0.0579. The van der Waals surface area contributed by atoms with Gasteiger partial charge in [0.2, 0.25) is 6.41 Å². The molecule has 11 heavy (non-hydrogen) atoms. The maximum Gasteiger partial charge on any atom is 0.207 e. The molecule has 0 aromatic carbocycles. The Morgan fingerprint density at radius 3 is 2.18 bits per heavy atom. The number of nitrogens with one attached hydrogen (secondary N) is 1. The third-order valence-electron chi connectivity index (χ3n) is 1.65. The van der Waals surface area contributed by atoms with Gasteiger partial charge in [0.1, 0.15) is 6.29 Å². The molecule has 0 bridgehead atoms. The van der Waals surface area contributed by atoms with Crippen LogP contribution >= 0.6 is 0 Å². The molecular weight excluding hydrogens is 142 g/mol. The van der Waals surface area contributed by atoms with Crippen LogP contribution in [0.25, 0.3) is 0 Å². The number of carbonyl (C=O) groups excluding carboxylic acids is 2. The van der Waals surface area contributed by atoms with Gasteiger partial charge >= 0.3 is 0 Å². The topological polar surface area (TPSA) is 46.2 Å². The summed E-state index contributed by atoms with van der Waals surface area (Å²) in [6, 6.07) is -0.0579. The van der Waals surface area contributed by atoms with Crippen molar-refractivity contribution < 1.29 is 9.59 Å². The van der Waals surface area contributed by atoms with Gasteiger partial charge in [0.25, 0.3) is 0 Å². The van der Waals surface area contributed by atoms with Crippen molar-refractivity contribution in [3.8, 4) is 0 Å². The summed E-state index contributed by atoms with van der Waals surface area (Å²) in [6.07, 6.45) is 1.84. The highest BCUT2D eigenvalue weighted by atomic mass is 16.1. The predicted molar refractivity (Wildman–Crippen MR) is 43.1 cm³/mol. The Morgan fingerprint density at radius 2 is 1.91 bits per heavy atom. The molecule has 3 heteroatoms. The SMILES string of the molecule is CC(C)(C)C(CC=O)NC=O. The van der Waals surface area contributed by atoms with Crippen molar-refractivity contribution >= 4 is 12.7 Å². The van der Waals surface area contributed by atoms with Gasteiger partial charge in [0.15, 0.2) is 0 Å². The monoisotopic (exact) mass is 157 g/mol. The van der Waals surface area contributed by atoms with E-state index in [4.69, 9.17) is 0 Å². The van der Waals surface area contributed by atoms with Gasteiger partial charge in [-0.05, 0) is 5.41 Å². The molecule has 1 N–H and O–H groups in total. The van der Waals surface area contributed by atoms with Gasteiger partial charge in [0, 0.05) is 12.5 Å². The fourth-order valence-corrected chi connectivity index (χ4v) is 0.850. The van der Waals surface area contributed by atoms with E-state index in [0.29, 0.717) is 12.8 Å². The van der Waals surface area contributed by atoms with Crippen LogP contribution in [0.5, 0.6) is 0 Å². The molecule has 3 nitrogen and oxygen atoms in total.